The van der Waals surface area contributed by atoms with Gasteiger partial charge >= 0.3 is 0 Å². The molecular formula is C22H24ClN5O. The Morgan fingerprint density at radius 1 is 0.931 bits per heavy atom. The molecule has 0 saturated carbocycles. The summed E-state index contributed by atoms with van der Waals surface area (Å²) in [5, 5.41) is 0.748. The quantitative estimate of drug-likeness (QED) is 0.686. The fraction of sp³-hybridized carbons (Fsp3) is 0.273. The van der Waals surface area contributed by atoms with Gasteiger partial charge in [-0.25, -0.2) is 4.98 Å². The fourth-order valence-electron chi connectivity index (χ4n) is 3.44. The molecule has 0 unspecified atom stereocenters. The van der Waals surface area contributed by atoms with E-state index < -0.39 is 0 Å². The fourth-order valence-corrected chi connectivity index (χ4v) is 3.63. The summed E-state index contributed by atoms with van der Waals surface area (Å²) in [7, 11) is 0. The lowest BCUT2D eigenvalue weighted by atomic mass is 10.1. The van der Waals surface area contributed by atoms with Gasteiger partial charge in [0.2, 0.25) is 5.88 Å². The summed E-state index contributed by atoms with van der Waals surface area (Å²) in [5.41, 5.74) is 10.3. The number of anilines is 3. The number of halogens is 1. The molecule has 0 bridgehead atoms. The van der Waals surface area contributed by atoms with E-state index in [0.29, 0.717) is 17.4 Å². The number of benzene rings is 2. The van der Waals surface area contributed by atoms with E-state index in [-0.39, 0.29) is 0 Å². The molecule has 4 rings (SSSR count). The van der Waals surface area contributed by atoms with E-state index in [4.69, 9.17) is 22.1 Å². The van der Waals surface area contributed by atoms with Gasteiger partial charge in [0.15, 0.2) is 5.82 Å². The summed E-state index contributed by atoms with van der Waals surface area (Å²) in [5.74, 6) is 1.82. The Hall–Kier alpha value is -2.99. The molecule has 3 aromatic rings. The number of nitrogens with zero attached hydrogens (tertiary/aromatic N) is 4. The van der Waals surface area contributed by atoms with Crippen LogP contribution >= 0.6 is 11.6 Å². The predicted molar refractivity (Wildman–Crippen MR) is 118 cm³/mol. The van der Waals surface area contributed by atoms with Crippen LogP contribution in [-0.4, -0.2) is 36.1 Å². The van der Waals surface area contributed by atoms with Crippen molar-refractivity contribution >= 4 is 28.8 Å². The molecule has 2 N–H and O–H groups in total. The molecule has 0 radical (unpaired) electrons. The first kappa shape index (κ1) is 19.3. The van der Waals surface area contributed by atoms with Crippen molar-refractivity contribution in [1.82, 2.24) is 9.97 Å². The van der Waals surface area contributed by atoms with E-state index in [1.54, 1.807) is 0 Å². The van der Waals surface area contributed by atoms with Gasteiger partial charge in [-0.1, -0.05) is 23.7 Å². The van der Waals surface area contributed by atoms with Crippen LogP contribution in [0.3, 0.4) is 0 Å². The maximum absolute atomic E-state index is 6.37. The van der Waals surface area contributed by atoms with Gasteiger partial charge in [-0.05, 0) is 55.3 Å². The molecular weight excluding hydrogens is 386 g/mol. The third-order valence-electron chi connectivity index (χ3n) is 5.27. The predicted octanol–water partition coefficient (Wildman–Crippen LogP) is 4.45. The number of nitrogens with two attached hydrogens (primary N) is 1. The Kier molecular flexibility index (Phi) is 5.45. The van der Waals surface area contributed by atoms with E-state index in [9.17, 15) is 0 Å². The molecule has 1 aliphatic heterocycles. The smallest absolute Gasteiger partial charge is 0.248 e. The molecule has 7 heteroatoms. The van der Waals surface area contributed by atoms with Gasteiger partial charge in [0.1, 0.15) is 17.8 Å². The van der Waals surface area contributed by atoms with Crippen molar-refractivity contribution in [2.24, 2.45) is 0 Å². The Morgan fingerprint density at radius 2 is 1.69 bits per heavy atom. The van der Waals surface area contributed by atoms with Gasteiger partial charge in [0.05, 0.1) is 0 Å². The topological polar surface area (TPSA) is 67.5 Å². The highest BCUT2D eigenvalue weighted by Crippen LogP contribution is 2.33. The highest BCUT2D eigenvalue weighted by atomic mass is 35.5. The van der Waals surface area contributed by atoms with Crippen molar-refractivity contribution in [2.45, 2.75) is 13.8 Å². The molecule has 1 aliphatic rings. The molecule has 1 aromatic heterocycles. The van der Waals surface area contributed by atoms with Crippen molar-refractivity contribution in [3.63, 3.8) is 0 Å². The Labute approximate surface area is 175 Å². The van der Waals surface area contributed by atoms with E-state index in [2.05, 4.69) is 39.7 Å². The Morgan fingerprint density at radius 3 is 2.41 bits per heavy atom. The summed E-state index contributed by atoms with van der Waals surface area (Å²) in [6, 6.07) is 13.9. The minimum absolute atomic E-state index is 0.385. The van der Waals surface area contributed by atoms with Crippen LogP contribution < -0.4 is 20.3 Å². The summed E-state index contributed by atoms with van der Waals surface area (Å²) < 4.78 is 5.95. The largest absolute Gasteiger partial charge is 0.437 e. The molecule has 6 nitrogen and oxygen atoms in total. The summed E-state index contributed by atoms with van der Waals surface area (Å²) in [6.45, 7) is 7.44. The number of rotatable bonds is 4. The molecule has 2 aromatic carbocycles. The van der Waals surface area contributed by atoms with Gasteiger partial charge in [0.25, 0.3) is 0 Å². The third-order valence-corrected chi connectivity index (χ3v) is 5.51. The number of piperazine rings is 1. The minimum atomic E-state index is 0.385. The van der Waals surface area contributed by atoms with Crippen LogP contribution in [0.15, 0.2) is 48.8 Å². The van der Waals surface area contributed by atoms with Crippen LogP contribution in [-0.2, 0) is 0 Å². The van der Waals surface area contributed by atoms with Crippen molar-refractivity contribution in [3.05, 3.63) is 64.9 Å². The maximum Gasteiger partial charge on any atom is 0.248 e. The summed E-state index contributed by atoms with van der Waals surface area (Å²) >= 11 is 6.13. The zero-order chi connectivity index (χ0) is 20.4. The number of ether oxygens (including phenoxy) is 1. The van der Waals surface area contributed by atoms with Crippen molar-refractivity contribution in [3.8, 4) is 11.6 Å². The number of aryl methyl sites for hydroxylation is 2. The number of hydrogen-bond acceptors (Lipinski definition) is 6. The lowest BCUT2D eigenvalue weighted by Gasteiger charge is -2.37. The highest BCUT2D eigenvalue weighted by Gasteiger charge is 2.22. The standard InChI is InChI=1S/C22H24ClN5O/c1-15-6-7-19(12-16(15)2)29-22-20(24)21(25-14-26-22)28-10-8-27(9-11-28)18-5-3-4-17(23)13-18/h3-7,12-14H,8-11,24H2,1-2H3. The molecule has 0 aliphatic carbocycles. The van der Waals surface area contributed by atoms with Gasteiger partial charge in [-0.2, -0.15) is 4.98 Å². The molecule has 0 spiro atoms. The molecule has 2 heterocycles. The zero-order valence-corrected chi connectivity index (χ0v) is 17.4. The number of hydrogen-bond donors (Lipinski definition) is 1. The second-order valence-corrected chi connectivity index (χ2v) is 7.65. The molecule has 0 atom stereocenters. The molecule has 150 valence electrons. The zero-order valence-electron chi connectivity index (χ0n) is 16.6. The molecule has 29 heavy (non-hydrogen) atoms. The van der Waals surface area contributed by atoms with Crippen LogP contribution in [0, 0.1) is 13.8 Å². The molecule has 1 fully saturated rings. The van der Waals surface area contributed by atoms with Gasteiger partial charge in [0, 0.05) is 36.9 Å². The summed E-state index contributed by atoms with van der Waals surface area (Å²) in [4.78, 5) is 13.1. The van der Waals surface area contributed by atoms with Crippen LogP contribution in [0.4, 0.5) is 17.2 Å². The third kappa shape index (κ3) is 4.22. The molecule has 1 saturated heterocycles. The average Bonchev–Trinajstić information content (AvgIpc) is 2.72. The minimum Gasteiger partial charge on any atom is -0.437 e. The number of nitrogen functional groups attached to an aromatic ring is 1. The molecule has 0 amide bonds. The van der Waals surface area contributed by atoms with E-state index in [1.165, 1.54) is 11.9 Å². The van der Waals surface area contributed by atoms with Crippen LogP contribution in [0.1, 0.15) is 11.1 Å². The van der Waals surface area contributed by atoms with Gasteiger partial charge < -0.3 is 20.3 Å². The second-order valence-electron chi connectivity index (χ2n) is 7.22. The average molecular weight is 410 g/mol. The van der Waals surface area contributed by atoms with E-state index >= 15 is 0 Å². The number of aromatic nitrogens is 2. The first-order chi connectivity index (χ1) is 14.0. The first-order valence-electron chi connectivity index (χ1n) is 9.62. The van der Waals surface area contributed by atoms with Crippen LogP contribution in [0.5, 0.6) is 11.6 Å². The second kappa shape index (κ2) is 8.17. The lowest BCUT2D eigenvalue weighted by molar-refractivity contribution is 0.463. The van der Waals surface area contributed by atoms with Gasteiger partial charge in [-0.15, -0.1) is 0 Å². The SMILES string of the molecule is Cc1ccc(Oc2ncnc(N3CCN(c4cccc(Cl)c4)CC3)c2N)cc1C. The summed E-state index contributed by atoms with van der Waals surface area (Å²) in [6.07, 6.45) is 1.51. The van der Waals surface area contributed by atoms with Gasteiger partial charge in [-0.3, -0.25) is 0 Å². The van der Waals surface area contributed by atoms with Crippen molar-refractivity contribution < 1.29 is 4.74 Å². The Balaban J connectivity index is 1.48. The van der Waals surface area contributed by atoms with Crippen molar-refractivity contribution in [2.75, 3.05) is 41.7 Å². The van der Waals surface area contributed by atoms with Crippen molar-refractivity contribution in [1.29, 1.82) is 0 Å². The Bertz CT molecular complexity index is 1020. The highest BCUT2D eigenvalue weighted by molar-refractivity contribution is 6.30. The maximum atomic E-state index is 6.37. The van der Waals surface area contributed by atoms with Crippen LogP contribution in [0.2, 0.25) is 5.02 Å². The van der Waals surface area contributed by atoms with E-state index in [1.807, 2.05) is 36.4 Å². The van der Waals surface area contributed by atoms with E-state index in [0.717, 1.165) is 48.2 Å². The normalized spacial score (nSPS) is 14.2. The lowest BCUT2D eigenvalue weighted by Crippen LogP contribution is -2.47. The first-order valence-corrected chi connectivity index (χ1v) is 10.00. The van der Waals surface area contributed by atoms with Crippen LogP contribution in [0.25, 0.3) is 0 Å². The monoisotopic (exact) mass is 409 g/mol.